The Balaban J connectivity index is 0.000000361. The van der Waals surface area contributed by atoms with E-state index in [1.807, 2.05) is 32.0 Å². The van der Waals surface area contributed by atoms with Crippen molar-refractivity contribution in [2.75, 3.05) is 0 Å². The molecule has 2 heterocycles. The zero-order chi connectivity index (χ0) is 15.2. The Hall–Kier alpha value is -1.79. The Morgan fingerprint density at radius 3 is 2.48 bits per heavy atom. The lowest BCUT2D eigenvalue weighted by Gasteiger charge is -2.29. The standard InChI is InChI=1S/C14H16N2O.C4H8/c15-9-10-2-1-3-13(6-10)17-14-7-11-4-5-12(8-14)16-11;1-4(2)3/h1-3,6,11-12,14,16H,4-5,7-8H2;1H2,2-3H3. The summed E-state index contributed by atoms with van der Waals surface area (Å²) in [5.41, 5.74) is 1.83. The average Bonchev–Trinajstić information content (AvgIpc) is 2.77. The van der Waals surface area contributed by atoms with Crippen molar-refractivity contribution in [3.8, 4) is 11.8 Å². The topological polar surface area (TPSA) is 45.0 Å². The van der Waals surface area contributed by atoms with Gasteiger partial charge in [-0.3, -0.25) is 0 Å². The van der Waals surface area contributed by atoms with Gasteiger partial charge in [0.1, 0.15) is 11.9 Å². The number of hydrogen-bond donors (Lipinski definition) is 1. The molecule has 2 bridgehead atoms. The van der Waals surface area contributed by atoms with Crippen molar-refractivity contribution in [3.05, 3.63) is 42.0 Å². The van der Waals surface area contributed by atoms with Crippen LogP contribution in [0.3, 0.4) is 0 Å². The van der Waals surface area contributed by atoms with Gasteiger partial charge in [-0.1, -0.05) is 11.6 Å². The third kappa shape index (κ3) is 4.91. The molecule has 2 fully saturated rings. The summed E-state index contributed by atoms with van der Waals surface area (Å²) >= 11 is 0. The maximum atomic E-state index is 8.85. The molecule has 2 aliphatic heterocycles. The molecular formula is C18H24N2O. The summed E-state index contributed by atoms with van der Waals surface area (Å²) in [6, 6.07) is 10.9. The maximum absolute atomic E-state index is 8.85. The van der Waals surface area contributed by atoms with Crippen molar-refractivity contribution in [1.29, 1.82) is 5.26 Å². The molecule has 1 N–H and O–H groups in total. The minimum atomic E-state index is 0.308. The Labute approximate surface area is 127 Å². The van der Waals surface area contributed by atoms with E-state index in [9.17, 15) is 0 Å². The van der Waals surface area contributed by atoms with Crippen LogP contribution >= 0.6 is 0 Å². The summed E-state index contributed by atoms with van der Waals surface area (Å²) in [6.45, 7) is 7.50. The van der Waals surface area contributed by atoms with Crippen LogP contribution in [0.1, 0.15) is 45.1 Å². The summed E-state index contributed by atoms with van der Waals surface area (Å²) in [6.07, 6.45) is 5.05. The number of nitriles is 1. The first-order chi connectivity index (χ1) is 10.1. The van der Waals surface area contributed by atoms with E-state index >= 15 is 0 Å². The molecule has 3 nitrogen and oxygen atoms in total. The number of allylic oxidation sites excluding steroid dienone is 1. The molecule has 21 heavy (non-hydrogen) atoms. The van der Waals surface area contributed by atoms with Crippen LogP contribution in [0, 0.1) is 11.3 Å². The molecule has 2 unspecified atom stereocenters. The number of benzene rings is 1. The number of nitrogens with one attached hydrogen (secondary N) is 1. The van der Waals surface area contributed by atoms with E-state index in [2.05, 4.69) is 18.0 Å². The van der Waals surface area contributed by atoms with Gasteiger partial charge in [-0.05, 0) is 57.7 Å². The third-order valence-electron chi connectivity index (χ3n) is 3.70. The van der Waals surface area contributed by atoms with Crippen molar-refractivity contribution in [2.45, 2.75) is 57.7 Å². The summed E-state index contributed by atoms with van der Waals surface area (Å²) in [5.74, 6) is 0.829. The van der Waals surface area contributed by atoms with Crippen molar-refractivity contribution in [2.24, 2.45) is 0 Å². The van der Waals surface area contributed by atoms with Gasteiger partial charge < -0.3 is 10.1 Å². The molecule has 2 atom stereocenters. The fourth-order valence-electron chi connectivity index (χ4n) is 2.93. The van der Waals surface area contributed by atoms with E-state index in [4.69, 9.17) is 10.00 Å². The second-order valence-corrected chi connectivity index (χ2v) is 6.20. The fraction of sp³-hybridized carbons (Fsp3) is 0.500. The van der Waals surface area contributed by atoms with E-state index in [1.165, 1.54) is 18.4 Å². The molecular weight excluding hydrogens is 260 g/mol. The van der Waals surface area contributed by atoms with Gasteiger partial charge in [0.25, 0.3) is 0 Å². The second kappa shape index (κ2) is 7.28. The van der Waals surface area contributed by atoms with E-state index in [0.29, 0.717) is 23.8 Å². The predicted molar refractivity (Wildman–Crippen MR) is 85.2 cm³/mol. The first-order valence-electron chi connectivity index (χ1n) is 7.62. The van der Waals surface area contributed by atoms with Crippen LogP contribution < -0.4 is 10.1 Å². The number of fused-ring (bicyclic) bond motifs is 2. The maximum Gasteiger partial charge on any atom is 0.121 e. The lowest BCUT2D eigenvalue weighted by molar-refractivity contribution is 0.137. The molecule has 0 amide bonds. The smallest absolute Gasteiger partial charge is 0.121 e. The molecule has 0 aliphatic carbocycles. The zero-order valence-electron chi connectivity index (χ0n) is 12.9. The van der Waals surface area contributed by atoms with Crippen LogP contribution in [0.5, 0.6) is 5.75 Å². The number of piperidine rings is 1. The van der Waals surface area contributed by atoms with Gasteiger partial charge in [-0.2, -0.15) is 5.26 Å². The highest BCUT2D eigenvalue weighted by molar-refractivity contribution is 5.36. The summed E-state index contributed by atoms with van der Waals surface area (Å²) < 4.78 is 5.99. The molecule has 3 rings (SSSR count). The molecule has 2 aliphatic rings. The Morgan fingerprint density at radius 2 is 1.90 bits per heavy atom. The molecule has 112 valence electrons. The van der Waals surface area contributed by atoms with Gasteiger partial charge in [0, 0.05) is 12.1 Å². The minimum absolute atomic E-state index is 0.308. The number of nitrogens with zero attached hydrogens (tertiary/aromatic N) is 1. The molecule has 3 heteroatoms. The highest BCUT2D eigenvalue weighted by Gasteiger charge is 2.34. The van der Waals surface area contributed by atoms with Crippen LogP contribution in [0.4, 0.5) is 0 Å². The van der Waals surface area contributed by atoms with Crippen molar-refractivity contribution < 1.29 is 4.74 Å². The quantitative estimate of drug-likeness (QED) is 0.840. The van der Waals surface area contributed by atoms with E-state index in [1.54, 1.807) is 6.07 Å². The lowest BCUT2D eigenvalue weighted by Crippen LogP contribution is -2.42. The first-order valence-corrected chi connectivity index (χ1v) is 7.62. The van der Waals surface area contributed by atoms with Crippen molar-refractivity contribution in [1.82, 2.24) is 5.32 Å². The SMILES string of the molecule is C=C(C)C.N#Cc1cccc(OC2CC3CCC(C2)N3)c1. The molecule has 0 aromatic heterocycles. The largest absolute Gasteiger partial charge is 0.490 e. The van der Waals surface area contributed by atoms with Crippen LogP contribution in [0.2, 0.25) is 0 Å². The Kier molecular flexibility index (Phi) is 5.41. The first kappa shape index (κ1) is 15.6. The van der Waals surface area contributed by atoms with Crippen LogP contribution in [-0.4, -0.2) is 18.2 Å². The molecule has 1 aromatic carbocycles. The molecule has 2 saturated heterocycles. The van der Waals surface area contributed by atoms with E-state index in [0.717, 1.165) is 18.6 Å². The van der Waals surface area contributed by atoms with Gasteiger partial charge in [0.05, 0.1) is 11.6 Å². The van der Waals surface area contributed by atoms with Gasteiger partial charge in [0.15, 0.2) is 0 Å². The normalized spacial score (nSPS) is 26.2. The van der Waals surface area contributed by atoms with E-state index in [-0.39, 0.29) is 0 Å². The van der Waals surface area contributed by atoms with Crippen LogP contribution in [0.15, 0.2) is 36.4 Å². The molecule has 0 radical (unpaired) electrons. The Morgan fingerprint density at radius 1 is 1.29 bits per heavy atom. The van der Waals surface area contributed by atoms with Crippen molar-refractivity contribution in [3.63, 3.8) is 0 Å². The second-order valence-electron chi connectivity index (χ2n) is 6.20. The summed E-state index contributed by atoms with van der Waals surface area (Å²) in [7, 11) is 0. The number of ether oxygens (including phenoxy) is 1. The van der Waals surface area contributed by atoms with Gasteiger partial charge in [0.2, 0.25) is 0 Å². The number of hydrogen-bond acceptors (Lipinski definition) is 3. The molecule has 0 spiro atoms. The highest BCUT2D eigenvalue weighted by Crippen LogP contribution is 2.29. The van der Waals surface area contributed by atoms with Crippen LogP contribution in [0.25, 0.3) is 0 Å². The average molecular weight is 284 g/mol. The fourth-order valence-corrected chi connectivity index (χ4v) is 2.93. The van der Waals surface area contributed by atoms with Gasteiger partial charge >= 0.3 is 0 Å². The monoisotopic (exact) mass is 284 g/mol. The summed E-state index contributed by atoms with van der Waals surface area (Å²) in [4.78, 5) is 0. The third-order valence-corrected chi connectivity index (χ3v) is 3.70. The minimum Gasteiger partial charge on any atom is -0.490 e. The molecule has 0 saturated carbocycles. The van der Waals surface area contributed by atoms with E-state index < -0.39 is 0 Å². The summed E-state index contributed by atoms with van der Waals surface area (Å²) in [5, 5.41) is 12.4. The van der Waals surface area contributed by atoms with Crippen molar-refractivity contribution >= 4 is 0 Å². The highest BCUT2D eigenvalue weighted by atomic mass is 16.5. The number of rotatable bonds is 2. The van der Waals surface area contributed by atoms with Gasteiger partial charge in [-0.15, -0.1) is 6.58 Å². The Bertz CT molecular complexity index is 516. The zero-order valence-corrected chi connectivity index (χ0v) is 12.9. The molecule has 1 aromatic rings. The van der Waals surface area contributed by atoms with Crippen LogP contribution in [-0.2, 0) is 0 Å². The predicted octanol–water partition coefficient (Wildman–Crippen LogP) is 3.80. The lowest BCUT2D eigenvalue weighted by atomic mass is 10.0. The van der Waals surface area contributed by atoms with Gasteiger partial charge in [-0.25, -0.2) is 0 Å².